The molecule has 0 bridgehead atoms. The Bertz CT molecular complexity index is 1620. The second kappa shape index (κ2) is 13.1. The van der Waals surface area contributed by atoms with E-state index in [2.05, 4.69) is 29.4 Å². The van der Waals surface area contributed by atoms with Crippen molar-refractivity contribution >= 4 is 39.0 Å². The summed E-state index contributed by atoms with van der Waals surface area (Å²) in [5.41, 5.74) is 9.52. The fraction of sp³-hybridized carbons (Fsp3) is 0.152. The highest BCUT2D eigenvalue weighted by Gasteiger charge is 2.19. The smallest absolute Gasteiger partial charge is 0.411 e. The number of amides is 1. The Labute approximate surface area is 243 Å². The van der Waals surface area contributed by atoms with Gasteiger partial charge >= 0.3 is 6.09 Å². The first-order valence-corrected chi connectivity index (χ1v) is 14.1. The highest BCUT2D eigenvalue weighted by atomic mass is 32.1. The van der Waals surface area contributed by atoms with Gasteiger partial charge in [0.05, 0.1) is 4.88 Å². The van der Waals surface area contributed by atoms with E-state index in [1.165, 1.54) is 16.9 Å². The summed E-state index contributed by atoms with van der Waals surface area (Å²) >= 11 is 1.44. The number of benzene rings is 4. The van der Waals surface area contributed by atoms with E-state index in [1.807, 2.05) is 97.1 Å². The number of fused-ring (bicyclic) bond motifs is 1. The van der Waals surface area contributed by atoms with E-state index in [0.717, 1.165) is 27.8 Å². The molecule has 1 heterocycles. The average molecular weight is 565 g/mol. The minimum absolute atomic E-state index is 0.00597. The molecule has 1 atom stereocenters. The largest absolute Gasteiger partial charge is 0.481 e. The molecule has 41 heavy (non-hydrogen) atoms. The third kappa shape index (κ3) is 7.30. The molecule has 8 heteroatoms. The number of para-hydroxylation sites is 1. The monoisotopic (exact) mass is 564 g/mol. The van der Waals surface area contributed by atoms with Crippen LogP contribution in [0.1, 0.15) is 27.7 Å². The van der Waals surface area contributed by atoms with Gasteiger partial charge in [0, 0.05) is 28.9 Å². The van der Waals surface area contributed by atoms with Gasteiger partial charge in [-0.1, -0.05) is 84.9 Å². The van der Waals surface area contributed by atoms with Crippen LogP contribution in [0, 0.1) is 5.41 Å². The molecule has 0 saturated heterocycles. The number of carbonyl (C=O) groups excluding carboxylic acids is 1. The summed E-state index contributed by atoms with van der Waals surface area (Å²) in [6, 6.07) is 35.3. The van der Waals surface area contributed by atoms with Gasteiger partial charge in [-0.25, -0.2) is 4.79 Å². The second-order valence-electron chi connectivity index (χ2n) is 9.75. The summed E-state index contributed by atoms with van der Waals surface area (Å²) < 4.78 is 13.1. The van der Waals surface area contributed by atoms with Crippen LogP contribution < -0.4 is 15.8 Å². The number of carbonyl (C=O) groups is 1. The van der Waals surface area contributed by atoms with Crippen LogP contribution in [-0.4, -0.2) is 30.5 Å². The summed E-state index contributed by atoms with van der Waals surface area (Å²) in [5, 5.41) is 11.6. The van der Waals surface area contributed by atoms with Crippen LogP contribution >= 0.6 is 11.3 Å². The molecule has 0 aliphatic rings. The van der Waals surface area contributed by atoms with Crippen LogP contribution in [0.15, 0.2) is 109 Å². The molecular formula is C33H32N4O3S. The van der Waals surface area contributed by atoms with Crippen LogP contribution in [0.4, 0.5) is 10.5 Å². The van der Waals surface area contributed by atoms with Gasteiger partial charge in [0.15, 0.2) is 6.10 Å². The van der Waals surface area contributed by atoms with E-state index >= 15 is 0 Å². The van der Waals surface area contributed by atoms with Gasteiger partial charge < -0.3 is 15.2 Å². The summed E-state index contributed by atoms with van der Waals surface area (Å²) in [6.07, 6.45) is -1.10. The number of nitrogens with two attached hydrogens (primary N) is 1. The molecule has 0 radical (unpaired) electrons. The molecule has 208 valence electrons. The first-order chi connectivity index (χ1) is 20.0. The fourth-order valence-electron chi connectivity index (χ4n) is 4.61. The van der Waals surface area contributed by atoms with Crippen molar-refractivity contribution in [3.05, 3.63) is 131 Å². The molecule has 1 amide bonds. The molecule has 1 unspecified atom stereocenters. The van der Waals surface area contributed by atoms with Gasteiger partial charge in [0.25, 0.3) is 0 Å². The van der Waals surface area contributed by atoms with Gasteiger partial charge in [0.1, 0.15) is 18.2 Å². The number of rotatable bonds is 11. The second-order valence-corrected chi connectivity index (χ2v) is 10.8. The van der Waals surface area contributed by atoms with Crippen LogP contribution in [-0.2, 0) is 17.8 Å². The number of amidine groups is 1. The van der Waals surface area contributed by atoms with Gasteiger partial charge in [-0.05, 0) is 48.0 Å². The molecule has 5 aromatic rings. The zero-order valence-corrected chi connectivity index (χ0v) is 23.6. The van der Waals surface area contributed by atoms with Crippen LogP contribution in [0.2, 0.25) is 0 Å². The lowest BCUT2D eigenvalue weighted by Gasteiger charge is -2.21. The first kappa shape index (κ1) is 27.9. The lowest BCUT2D eigenvalue weighted by Crippen LogP contribution is -2.23. The van der Waals surface area contributed by atoms with Crippen molar-refractivity contribution in [2.24, 2.45) is 5.73 Å². The Kier molecular flexibility index (Phi) is 8.93. The molecule has 1 aromatic heterocycles. The van der Waals surface area contributed by atoms with Gasteiger partial charge in [0.2, 0.25) is 0 Å². The van der Waals surface area contributed by atoms with Crippen molar-refractivity contribution in [3.63, 3.8) is 0 Å². The minimum Gasteiger partial charge on any atom is -0.481 e. The molecule has 0 spiro atoms. The van der Waals surface area contributed by atoms with Gasteiger partial charge in [-0.2, -0.15) is 0 Å². The van der Waals surface area contributed by atoms with Crippen molar-refractivity contribution < 1.29 is 14.3 Å². The molecule has 0 fully saturated rings. The molecule has 0 aliphatic carbocycles. The summed E-state index contributed by atoms with van der Waals surface area (Å²) in [5.74, 6) is 0.652. The number of nitrogens with zero attached hydrogens (tertiary/aromatic N) is 1. The predicted molar refractivity (Wildman–Crippen MR) is 166 cm³/mol. The predicted octanol–water partition coefficient (Wildman–Crippen LogP) is 7.19. The van der Waals surface area contributed by atoms with E-state index in [1.54, 1.807) is 0 Å². The van der Waals surface area contributed by atoms with Crippen molar-refractivity contribution in [2.45, 2.75) is 19.2 Å². The Hall–Kier alpha value is -4.66. The third-order valence-electron chi connectivity index (χ3n) is 6.58. The Morgan fingerprint density at radius 3 is 2.39 bits per heavy atom. The number of anilines is 1. The number of thiophene rings is 1. The summed E-state index contributed by atoms with van der Waals surface area (Å²) in [4.78, 5) is 15.9. The molecule has 0 saturated carbocycles. The average Bonchev–Trinajstić information content (AvgIpc) is 3.43. The number of nitrogen functional groups attached to an aromatic ring is 1. The SMILES string of the molecule is CN(Cc1ccccc1)Cc1ccccc1NC(=O)OCC(Oc1cccc2sc(C(=N)N)cc12)c1ccccc1. The van der Waals surface area contributed by atoms with E-state index < -0.39 is 12.2 Å². The van der Waals surface area contributed by atoms with E-state index in [9.17, 15) is 4.79 Å². The van der Waals surface area contributed by atoms with Crippen LogP contribution in [0.5, 0.6) is 5.75 Å². The van der Waals surface area contributed by atoms with E-state index in [-0.39, 0.29) is 12.4 Å². The van der Waals surface area contributed by atoms with Crippen molar-refractivity contribution in [1.29, 1.82) is 5.41 Å². The fourth-order valence-corrected chi connectivity index (χ4v) is 5.55. The molecular weight excluding hydrogens is 532 g/mol. The minimum atomic E-state index is -0.555. The highest BCUT2D eigenvalue weighted by molar-refractivity contribution is 7.20. The number of nitrogens with one attached hydrogen (secondary N) is 2. The van der Waals surface area contributed by atoms with Crippen molar-refractivity contribution in [3.8, 4) is 5.75 Å². The van der Waals surface area contributed by atoms with E-state index in [0.29, 0.717) is 22.9 Å². The zero-order chi connectivity index (χ0) is 28.6. The molecule has 4 N–H and O–H groups in total. The maximum Gasteiger partial charge on any atom is 0.411 e. The molecule has 0 aliphatic heterocycles. The summed E-state index contributed by atoms with van der Waals surface area (Å²) in [6.45, 7) is 1.46. The van der Waals surface area contributed by atoms with E-state index in [4.69, 9.17) is 20.6 Å². The number of ether oxygens (including phenoxy) is 2. The maximum atomic E-state index is 13.0. The van der Waals surface area contributed by atoms with Crippen molar-refractivity contribution in [1.82, 2.24) is 4.90 Å². The topological polar surface area (TPSA) is 101 Å². The standard InChI is InChI=1S/C33H32N4O3S/c1-37(20-23-11-4-2-5-12-23)21-25-15-8-9-16-27(25)36-33(38)39-22-29(24-13-6-3-7-14-24)40-28-17-10-18-30-26(28)19-31(41-30)32(34)35/h2-19,29H,20-22H2,1H3,(H3,34,35)(H,36,38). The number of hydrogen-bond donors (Lipinski definition) is 3. The molecule has 4 aromatic carbocycles. The maximum absolute atomic E-state index is 13.0. The number of hydrogen-bond acceptors (Lipinski definition) is 6. The zero-order valence-electron chi connectivity index (χ0n) is 22.7. The lowest BCUT2D eigenvalue weighted by atomic mass is 10.1. The van der Waals surface area contributed by atoms with Crippen LogP contribution in [0.3, 0.4) is 0 Å². The third-order valence-corrected chi connectivity index (χ3v) is 7.72. The summed E-state index contributed by atoms with van der Waals surface area (Å²) in [7, 11) is 2.05. The van der Waals surface area contributed by atoms with Gasteiger partial charge in [-0.15, -0.1) is 11.3 Å². The Balaban J connectivity index is 1.27. The molecule has 7 nitrogen and oxygen atoms in total. The van der Waals surface area contributed by atoms with Gasteiger partial charge in [-0.3, -0.25) is 15.6 Å². The quantitative estimate of drug-likeness (QED) is 0.116. The Morgan fingerprint density at radius 1 is 0.927 bits per heavy atom. The lowest BCUT2D eigenvalue weighted by molar-refractivity contribution is 0.0910. The van der Waals surface area contributed by atoms with Crippen molar-refractivity contribution in [2.75, 3.05) is 19.0 Å². The normalized spacial score (nSPS) is 11.8. The molecule has 5 rings (SSSR count). The first-order valence-electron chi connectivity index (χ1n) is 13.3. The Morgan fingerprint density at radius 2 is 1.63 bits per heavy atom. The van der Waals surface area contributed by atoms with Crippen LogP contribution in [0.25, 0.3) is 10.1 Å². The highest BCUT2D eigenvalue weighted by Crippen LogP contribution is 2.35.